The molecule has 1 aromatic carbocycles. The van der Waals surface area contributed by atoms with Crippen LogP contribution in [-0.2, 0) is 6.54 Å². The van der Waals surface area contributed by atoms with Crippen LogP contribution in [0.25, 0.3) is 5.65 Å². The van der Waals surface area contributed by atoms with Crippen molar-refractivity contribution in [2.45, 2.75) is 32.4 Å². The Labute approximate surface area is 155 Å². The third-order valence-corrected chi connectivity index (χ3v) is 5.37. The van der Waals surface area contributed by atoms with Gasteiger partial charge < -0.3 is 0 Å². The van der Waals surface area contributed by atoms with E-state index in [9.17, 15) is 4.79 Å². The van der Waals surface area contributed by atoms with Crippen molar-refractivity contribution in [3.8, 4) is 0 Å². The first-order valence-corrected chi connectivity index (χ1v) is 9.38. The zero-order valence-corrected chi connectivity index (χ0v) is 15.7. The lowest BCUT2D eigenvalue weighted by atomic mass is 10.0. The highest BCUT2D eigenvalue weighted by molar-refractivity contribution is 9.10. The molecule has 0 aliphatic carbocycles. The van der Waals surface area contributed by atoms with Crippen LogP contribution in [-0.4, -0.2) is 20.8 Å². The average Bonchev–Trinajstić information content (AvgIpc) is 3.04. The molecule has 25 heavy (non-hydrogen) atoms. The fourth-order valence-electron chi connectivity index (χ4n) is 3.63. The van der Waals surface area contributed by atoms with Crippen molar-refractivity contribution in [3.63, 3.8) is 0 Å². The normalized spacial score (nSPS) is 18.1. The molecule has 0 spiro atoms. The number of benzene rings is 1. The van der Waals surface area contributed by atoms with E-state index in [4.69, 9.17) is 4.98 Å². The lowest BCUT2D eigenvalue weighted by Gasteiger charge is -2.24. The van der Waals surface area contributed by atoms with Crippen LogP contribution in [0.1, 0.15) is 35.7 Å². The largest absolute Gasteiger partial charge is 0.291 e. The van der Waals surface area contributed by atoms with Crippen molar-refractivity contribution >= 4 is 21.6 Å². The highest BCUT2D eigenvalue weighted by Gasteiger charge is 2.26. The SMILES string of the molecule is Cc1ccc2nc(CN3CCCC3c3ccc(Br)cc3)cc(=O)n2c1. The Morgan fingerprint density at radius 2 is 2.00 bits per heavy atom. The zero-order chi connectivity index (χ0) is 17.4. The molecule has 4 rings (SSSR count). The van der Waals surface area contributed by atoms with E-state index >= 15 is 0 Å². The first kappa shape index (κ1) is 16.5. The van der Waals surface area contributed by atoms with Gasteiger partial charge in [-0.1, -0.05) is 34.1 Å². The summed E-state index contributed by atoms with van der Waals surface area (Å²) in [5, 5.41) is 0. The van der Waals surface area contributed by atoms with E-state index < -0.39 is 0 Å². The summed E-state index contributed by atoms with van der Waals surface area (Å²) < 4.78 is 2.72. The maximum absolute atomic E-state index is 12.4. The standard InChI is InChI=1S/C20H20BrN3O/c1-14-4-9-19-22-17(11-20(25)24(19)12-14)13-23-10-2-3-18(23)15-5-7-16(21)8-6-15/h4-9,11-12,18H,2-3,10,13H2,1H3. The van der Waals surface area contributed by atoms with Crippen LogP contribution in [0.2, 0.25) is 0 Å². The summed E-state index contributed by atoms with van der Waals surface area (Å²) in [5.41, 5.74) is 3.93. The minimum atomic E-state index is -0.0110. The second-order valence-corrected chi connectivity index (χ2v) is 7.62. The van der Waals surface area contributed by atoms with Gasteiger partial charge in [0.1, 0.15) is 5.65 Å². The summed E-state index contributed by atoms with van der Waals surface area (Å²) in [4.78, 5) is 19.5. The Bertz CT molecular complexity index is 965. The molecule has 4 nitrogen and oxygen atoms in total. The Kier molecular flexibility index (Phi) is 4.44. The van der Waals surface area contributed by atoms with Gasteiger partial charge in [-0.2, -0.15) is 0 Å². The summed E-state index contributed by atoms with van der Waals surface area (Å²) in [6.07, 6.45) is 4.16. The molecular formula is C20H20BrN3O. The lowest BCUT2D eigenvalue weighted by Crippen LogP contribution is -2.25. The van der Waals surface area contributed by atoms with Crippen molar-refractivity contribution < 1.29 is 0 Å². The average molecular weight is 398 g/mol. The van der Waals surface area contributed by atoms with Crippen LogP contribution in [0.3, 0.4) is 0 Å². The van der Waals surface area contributed by atoms with Gasteiger partial charge in [0.15, 0.2) is 0 Å². The maximum atomic E-state index is 12.4. The van der Waals surface area contributed by atoms with Crippen LogP contribution < -0.4 is 5.56 Å². The fraction of sp³-hybridized carbons (Fsp3) is 0.300. The zero-order valence-electron chi connectivity index (χ0n) is 14.2. The van der Waals surface area contributed by atoms with Crippen LogP contribution in [0.15, 0.2) is 57.9 Å². The molecule has 1 atom stereocenters. The lowest BCUT2D eigenvalue weighted by molar-refractivity contribution is 0.245. The number of halogens is 1. The quantitative estimate of drug-likeness (QED) is 0.667. The predicted molar refractivity (Wildman–Crippen MR) is 103 cm³/mol. The summed E-state index contributed by atoms with van der Waals surface area (Å²) in [7, 11) is 0. The van der Waals surface area contributed by atoms with Gasteiger partial charge in [-0.15, -0.1) is 0 Å². The first-order valence-electron chi connectivity index (χ1n) is 8.58. The number of pyridine rings is 1. The van der Waals surface area contributed by atoms with Crippen molar-refractivity contribution in [1.29, 1.82) is 0 Å². The Balaban J connectivity index is 1.62. The van der Waals surface area contributed by atoms with Gasteiger partial charge >= 0.3 is 0 Å². The van der Waals surface area contributed by atoms with Gasteiger partial charge in [-0.25, -0.2) is 4.98 Å². The fourth-order valence-corrected chi connectivity index (χ4v) is 3.89. The van der Waals surface area contributed by atoms with E-state index in [1.165, 1.54) is 12.0 Å². The molecule has 0 N–H and O–H groups in total. The van der Waals surface area contributed by atoms with Crippen molar-refractivity contribution in [2.24, 2.45) is 0 Å². The van der Waals surface area contributed by atoms with E-state index in [0.717, 1.165) is 28.7 Å². The van der Waals surface area contributed by atoms with Crippen LogP contribution >= 0.6 is 15.9 Å². The minimum absolute atomic E-state index is 0.0110. The first-order chi connectivity index (χ1) is 12.1. The van der Waals surface area contributed by atoms with Gasteiger partial charge in [-0.05, 0) is 55.6 Å². The third kappa shape index (κ3) is 3.39. The molecule has 1 unspecified atom stereocenters. The Morgan fingerprint density at radius 3 is 2.80 bits per heavy atom. The van der Waals surface area contributed by atoms with E-state index in [1.54, 1.807) is 10.5 Å². The summed E-state index contributed by atoms with van der Waals surface area (Å²) in [6.45, 7) is 3.73. The van der Waals surface area contributed by atoms with Crippen LogP contribution in [0, 0.1) is 6.92 Å². The molecule has 3 heterocycles. The number of aromatic nitrogens is 2. The second-order valence-electron chi connectivity index (χ2n) is 6.70. The molecule has 1 saturated heterocycles. The van der Waals surface area contributed by atoms with Crippen LogP contribution in [0.4, 0.5) is 0 Å². The number of rotatable bonds is 3. The van der Waals surface area contributed by atoms with Gasteiger partial charge in [0, 0.05) is 29.3 Å². The van der Waals surface area contributed by atoms with Crippen molar-refractivity contribution in [3.05, 3.63) is 80.3 Å². The third-order valence-electron chi connectivity index (χ3n) is 4.84. The number of nitrogens with zero attached hydrogens (tertiary/aromatic N) is 3. The topological polar surface area (TPSA) is 37.6 Å². The second kappa shape index (κ2) is 6.73. The highest BCUT2D eigenvalue weighted by Crippen LogP contribution is 2.33. The summed E-state index contributed by atoms with van der Waals surface area (Å²) in [6, 6.07) is 14.5. The molecule has 0 bridgehead atoms. The van der Waals surface area contributed by atoms with E-state index in [-0.39, 0.29) is 5.56 Å². The Hall–Kier alpha value is -1.98. The summed E-state index contributed by atoms with van der Waals surface area (Å²) >= 11 is 3.50. The number of aryl methyl sites for hydroxylation is 1. The predicted octanol–water partition coefficient (Wildman–Crippen LogP) is 4.10. The molecule has 5 heteroatoms. The van der Waals surface area contributed by atoms with Gasteiger partial charge in [-0.3, -0.25) is 14.1 Å². The minimum Gasteiger partial charge on any atom is -0.291 e. The van der Waals surface area contributed by atoms with Crippen LogP contribution in [0.5, 0.6) is 0 Å². The molecule has 0 amide bonds. The maximum Gasteiger partial charge on any atom is 0.258 e. The van der Waals surface area contributed by atoms with Crippen molar-refractivity contribution in [1.82, 2.24) is 14.3 Å². The molecule has 1 aliphatic heterocycles. The van der Waals surface area contributed by atoms with E-state index in [2.05, 4.69) is 45.1 Å². The number of likely N-dealkylation sites (tertiary alicyclic amines) is 1. The van der Waals surface area contributed by atoms with Gasteiger partial charge in [0.05, 0.1) is 5.69 Å². The number of hydrogen-bond donors (Lipinski definition) is 0. The molecule has 3 aromatic rings. The summed E-state index contributed by atoms with van der Waals surface area (Å²) in [5.74, 6) is 0. The monoisotopic (exact) mass is 397 g/mol. The molecule has 1 fully saturated rings. The highest BCUT2D eigenvalue weighted by atomic mass is 79.9. The molecule has 0 saturated carbocycles. The molecule has 128 valence electrons. The van der Waals surface area contributed by atoms with E-state index in [1.807, 2.05) is 25.3 Å². The van der Waals surface area contributed by atoms with E-state index in [0.29, 0.717) is 18.2 Å². The van der Waals surface area contributed by atoms with Gasteiger partial charge in [0.25, 0.3) is 5.56 Å². The molecule has 1 aliphatic rings. The van der Waals surface area contributed by atoms with Gasteiger partial charge in [0.2, 0.25) is 0 Å². The Morgan fingerprint density at radius 1 is 1.20 bits per heavy atom. The molecular weight excluding hydrogens is 378 g/mol. The number of hydrogen-bond acceptors (Lipinski definition) is 3. The number of fused-ring (bicyclic) bond motifs is 1. The molecule has 0 radical (unpaired) electrons. The smallest absolute Gasteiger partial charge is 0.258 e. The molecule has 2 aromatic heterocycles. The van der Waals surface area contributed by atoms with Crippen molar-refractivity contribution in [2.75, 3.05) is 6.54 Å².